The Kier molecular flexibility index (Phi) is 3.79. The number of amides is 1. The van der Waals surface area contributed by atoms with Crippen LogP contribution in [0, 0.1) is 11.3 Å². The second kappa shape index (κ2) is 5.31. The highest BCUT2D eigenvalue weighted by Gasteiger charge is 2.31. The molecule has 0 radical (unpaired) electrons. The predicted octanol–water partition coefficient (Wildman–Crippen LogP) is 0.987. The summed E-state index contributed by atoms with van der Waals surface area (Å²) in [7, 11) is 0. The van der Waals surface area contributed by atoms with Crippen molar-refractivity contribution in [2.24, 2.45) is 0 Å². The maximum atomic E-state index is 12.0. The Hall–Kier alpha value is -1.08. The third kappa shape index (κ3) is 2.96. The highest BCUT2D eigenvalue weighted by molar-refractivity contribution is 5.78. The lowest BCUT2D eigenvalue weighted by molar-refractivity contribution is -0.131. The molecular weight excluding hydrogens is 202 g/mol. The summed E-state index contributed by atoms with van der Waals surface area (Å²) >= 11 is 0. The Morgan fingerprint density at radius 3 is 2.62 bits per heavy atom. The lowest BCUT2D eigenvalue weighted by Gasteiger charge is -2.23. The smallest absolute Gasteiger partial charge is 0.236 e. The lowest BCUT2D eigenvalue weighted by Crippen LogP contribution is -2.40. The first-order valence-electron chi connectivity index (χ1n) is 6.20. The van der Waals surface area contributed by atoms with Crippen molar-refractivity contribution in [2.75, 3.05) is 26.2 Å². The normalized spacial score (nSPS) is 20.1. The number of nitriles is 1. The van der Waals surface area contributed by atoms with E-state index in [0.29, 0.717) is 19.0 Å². The standard InChI is InChI=1S/C12H19N3O/c13-6-3-9-15(11-4-5-11)10-12(16)14-7-1-2-8-14/h11H,1-5,7-10H2. The molecule has 88 valence electrons. The number of hydrogen-bond donors (Lipinski definition) is 0. The minimum Gasteiger partial charge on any atom is -0.342 e. The number of carbonyl (C=O) groups is 1. The molecule has 4 heteroatoms. The summed E-state index contributed by atoms with van der Waals surface area (Å²) in [5.41, 5.74) is 0. The van der Waals surface area contributed by atoms with Crippen LogP contribution < -0.4 is 0 Å². The van der Waals surface area contributed by atoms with Gasteiger partial charge in [-0.3, -0.25) is 9.69 Å². The van der Waals surface area contributed by atoms with Crippen molar-refractivity contribution in [3.05, 3.63) is 0 Å². The molecule has 0 spiro atoms. The molecule has 1 heterocycles. The fourth-order valence-electron chi connectivity index (χ4n) is 2.26. The van der Waals surface area contributed by atoms with E-state index in [4.69, 9.17) is 5.26 Å². The van der Waals surface area contributed by atoms with Crippen LogP contribution in [0.4, 0.5) is 0 Å². The first kappa shape index (κ1) is 11.4. The Balaban J connectivity index is 1.79. The molecule has 16 heavy (non-hydrogen) atoms. The zero-order valence-corrected chi connectivity index (χ0v) is 9.69. The fourth-order valence-corrected chi connectivity index (χ4v) is 2.26. The van der Waals surface area contributed by atoms with Gasteiger partial charge in [-0.1, -0.05) is 0 Å². The molecule has 1 saturated carbocycles. The molecule has 0 aromatic rings. The van der Waals surface area contributed by atoms with E-state index in [-0.39, 0.29) is 5.91 Å². The average Bonchev–Trinajstić information content (AvgIpc) is 2.98. The van der Waals surface area contributed by atoms with E-state index in [1.165, 1.54) is 12.8 Å². The van der Waals surface area contributed by atoms with Gasteiger partial charge in [0.25, 0.3) is 0 Å². The van der Waals surface area contributed by atoms with E-state index in [0.717, 1.165) is 32.5 Å². The van der Waals surface area contributed by atoms with Gasteiger partial charge in [-0.2, -0.15) is 5.26 Å². The van der Waals surface area contributed by atoms with Crippen molar-refractivity contribution in [1.82, 2.24) is 9.80 Å². The second-order valence-corrected chi connectivity index (χ2v) is 4.70. The fraction of sp³-hybridized carbons (Fsp3) is 0.833. The Bertz CT molecular complexity index is 287. The van der Waals surface area contributed by atoms with Gasteiger partial charge in [-0.05, 0) is 25.7 Å². The van der Waals surface area contributed by atoms with Crippen molar-refractivity contribution in [1.29, 1.82) is 5.26 Å². The summed E-state index contributed by atoms with van der Waals surface area (Å²) in [5.74, 6) is 0.252. The minimum atomic E-state index is 0.252. The topological polar surface area (TPSA) is 47.3 Å². The molecule has 1 saturated heterocycles. The van der Waals surface area contributed by atoms with Gasteiger partial charge in [-0.25, -0.2) is 0 Å². The van der Waals surface area contributed by atoms with E-state index in [1.807, 2.05) is 4.90 Å². The minimum absolute atomic E-state index is 0.252. The Morgan fingerprint density at radius 2 is 2.06 bits per heavy atom. The van der Waals surface area contributed by atoms with Gasteiger partial charge in [0.2, 0.25) is 5.91 Å². The molecule has 0 aromatic heterocycles. The highest BCUT2D eigenvalue weighted by atomic mass is 16.2. The van der Waals surface area contributed by atoms with Crippen molar-refractivity contribution >= 4 is 5.91 Å². The van der Waals surface area contributed by atoms with E-state index in [2.05, 4.69) is 11.0 Å². The molecule has 0 atom stereocenters. The first-order chi connectivity index (χ1) is 7.81. The van der Waals surface area contributed by atoms with E-state index < -0.39 is 0 Å². The average molecular weight is 221 g/mol. The summed E-state index contributed by atoms with van der Waals surface area (Å²) in [5, 5.41) is 8.59. The third-order valence-corrected chi connectivity index (χ3v) is 3.37. The van der Waals surface area contributed by atoms with Crippen LogP contribution in [0.15, 0.2) is 0 Å². The van der Waals surface area contributed by atoms with E-state index in [1.54, 1.807) is 0 Å². The molecule has 0 unspecified atom stereocenters. The zero-order chi connectivity index (χ0) is 11.4. The maximum absolute atomic E-state index is 12.0. The van der Waals surface area contributed by atoms with Crippen molar-refractivity contribution in [3.8, 4) is 6.07 Å². The molecule has 1 aliphatic heterocycles. The second-order valence-electron chi connectivity index (χ2n) is 4.70. The van der Waals surface area contributed by atoms with Gasteiger partial charge >= 0.3 is 0 Å². The number of likely N-dealkylation sites (tertiary alicyclic amines) is 1. The van der Waals surface area contributed by atoms with E-state index >= 15 is 0 Å². The summed E-state index contributed by atoms with van der Waals surface area (Å²) in [6.45, 7) is 3.12. The van der Waals surface area contributed by atoms with Crippen LogP contribution >= 0.6 is 0 Å². The summed E-state index contributed by atoms with van der Waals surface area (Å²) < 4.78 is 0. The molecule has 1 aliphatic carbocycles. The van der Waals surface area contributed by atoms with Gasteiger partial charge < -0.3 is 4.90 Å². The quantitative estimate of drug-likeness (QED) is 0.695. The van der Waals surface area contributed by atoms with Crippen LogP contribution in [-0.2, 0) is 4.79 Å². The van der Waals surface area contributed by atoms with Crippen LogP contribution in [-0.4, -0.2) is 47.9 Å². The molecule has 2 aliphatic rings. The van der Waals surface area contributed by atoms with Crippen LogP contribution in [0.2, 0.25) is 0 Å². The van der Waals surface area contributed by atoms with Gasteiger partial charge in [0, 0.05) is 32.1 Å². The Morgan fingerprint density at radius 1 is 1.38 bits per heavy atom. The molecular formula is C12H19N3O. The maximum Gasteiger partial charge on any atom is 0.236 e. The number of nitrogens with zero attached hydrogens (tertiary/aromatic N) is 3. The highest BCUT2D eigenvalue weighted by Crippen LogP contribution is 2.26. The Labute approximate surface area is 96.8 Å². The van der Waals surface area contributed by atoms with Gasteiger partial charge in [0.05, 0.1) is 12.6 Å². The summed E-state index contributed by atoms with van der Waals surface area (Å²) in [6.07, 6.45) is 5.21. The van der Waals surface area contributed by atoms with Crippen molar-refractivity contribution in [2.45, 2.75) is 38.1 Å². The zero-order valence-electron chi connectivity index (χ0n) is 9.69. The van der Waals surface area contributed by atoms with Crippen LogP contribution in [0.25, 0.3) is 0 Å². The number of rotatable bonds is 5. The molecule has 2 fully saturated rings. The molecule has 1 amide bonds. The molecule has 0 aromatic carbocycles. The number of carbonyl (C=O) groups excluding carboxylic acids is 1. The third-order valence-electron chi connectivity index (χ3n) is 3.37. The van der Waals surface area contributed by atoms with Gasteiger partial charge in [0.15, 0.2) is 0 Å². The molecule has 0 bridgehead atoms. The molecule has 2 rings (SSSR count). The van der Waals surface area contributed by atoms with Crippen LogP contribution in [0.1, 0.15) is 32.1 Å². The van der Waals surface area contributed by atoms with Crippen molar-refractivity contribution in [3.63, 3.8) is 0 Å². The van der Waals surface area contributed by atoms with Gasteiger partial charge in [0.1, 0.15) is 0 Å². The lowest BCUT2D eigenvalue weighted by atomic mass is 10.3. The summed E-state index contributed by atoms with van der Waals surface area (Å²) in [6, 6.07) is 2.73. The van der Waals surface area contributed by atoms with Crippen LogP contribution in [0.5, 0.6) is 0 Å². The first-order valence-corrected chi connectivity index (χ1v) is 6.20. The van der Waals surface area contributed by atoms with E-state index in [9.17, 15) is 4.79 Å². The largest absolute Gasteiger partial charge is 0.342 e. The SMILES string of the molecule is N#CCCN(CC(=O)N1CCCC1)C1CC1. The van der Waals surface area contributed by atoms with Crippen molar-refractivity contribution < 1.29 is 4.79 Å². The van der Waals surface area contributed by atoms with Crippen LogP contribution in [0.3, 0.4) is 0 Å². The predicted molar refractivity (Wildman–Crippen MR) is 60.6 cm³/mol. The molecule has 0 N–H and O–H groups in total. The monoisotopic (exact) mass is 221 g/mol. The summed E-state index contributed by atoms with van der Waals surface area (Å²) in [4.78, 5) is 16.1. The number of hydrogen-bond acceptors (Lipinski definition) is 3. The van der Waals surface area contributed by atoms with Gasteiger partial charge in [-0.15, -0.1) is 0 Å². The molecule has 4 nitrogen and oxygen atoms in total.